The van der Waals surface area contributed by atoms with E-state index >= 15 is 0 Å². The average Bonchev–Trinajstić information content (AvgIpc) is 1.73. The molecule has 1 saturated carbocycles. The maximum absolute atomic E-state index is 10.8. The predicted molar refractivity (Wildman–Crippen MR) is 38.9 cm³/mol. The maximum atomic E-state index is 10.8. The zero-order valence-electron chi connectivity index (χ0n) is 6.59. The number of amides is 1. The van der Waals surface area contributed by atoms with Crippen LogP contribution in [0, 0.1) is 5.41 Å². The number of carbonyl (C=O) groups is 2. The van der Waals surface area contributed by atoms with E-state index in [9.17, 15) is 9.59 Å². The molecule has 1 aliphatic heterocycles. The van der Waals surface area contributed by atoms with Crippen LogP contribution in [0.5, 0.6) is 0 Å². The summed E-state index contributed by atoms with van der Waals surface area (Å²) in [5, 5.41) is 0. The van der Waals surface area contributed by atoms with Crippen LogP contribution in [0.1, 0.15) is 19.8 Å². The van der Waals surface area contributed by atoms with Crippen LogP contribution >= 0.6 is 0 Å². The Hall–Kier alpha value is -0.860. The Balaban J connectivity index is 1.89. The minimum absolute atomic E-state index is 0.134. The summed E-state index contributed by atoms with van der Waals surface area (Å²) in [5.74, 6) is 0.489. The lowest BCUT2D eigenvalue weighted by Gasteiger charge is -2.54. The van der Waals surface area contributed by atoms with Crippen molar-refractivity contribution in [3.8, 4) is 0 Å². The highest BCUT2D eigenvalue weighted by atomic mass is 16.2. The van der Waals surface area contributed by atoms with Crippen molar-refractivity contribution in [1.29, 1.82) is 0 Å². The van der Waals surface area contributed by atoms with E-state index in [-0.39, 0.29) is 11.3 Å². The van der Waals surface area contributed by atoms with Gasteiger partial charge in [0, 0.05) is 38.3 Å². The summed E-state index contributed by atoms with van der Waals surface area (Å²) in [6.45, 7) is 3.20. The monoisotopic (exact) mass is 153 g/mol. The van der Waals surface area contributed by atoms with E-state index in [2.05, 4.69) is 0 Å². The Kier molecular flexibility index (Phi) is 1.14. The van der Waals surface area contributed by atoms with Gasteiger partial charge >= 0.3 is 0 Å². The van der Waals surface area contributed by atoms with Crippen LogP contribution in [0.25, 0.3) is 0 Å². The Morgan fingerprint density at radius 1 is 1.45 bits per heavy atom. The van der Waals surface area contributed by atoms with Crippen LogP contribution in [0.4, 0.5) is 0 Å². The molecule has 0 aromatic rings. The van der Waals surface area contributed by atoms with E-state index in [1.807, 2.05) is 0 Å². The van der Waals surface area contributed by atoms with Crippen molar-refractivity contribution in [2.24, 2.45) is 5.41 Å². The molecule has 0 unspecified atom stereocenters. The Labute approximate surface area is 65.4 Å². The molecule has 0 bridgehead atoms. The second-order valence-electron chi connectivity index (χ2n) is 3.77. The van der Waals surface area contributed by atoms with Crippen molar-refractivity contribution in [3.05, 3.63) is 0 Å². The number of nitrogens with zero attached hydrogens (tertiary/aromatic N) is 1. The van der Waals surface area contributed by atoms with Crippen LogP contribution in [0.2, 0.25) is 0 Å². The Morgan fingerprint density at radius 2 is 2.00 bits per heavy atom. The molecule has 11 heavy (non-hydrogen) atoms. The smallest absolute Gasteiger partial charge is 0.219 e. The van der Waals surface area contributed by atoms with Gasteiger partial charge in [0.1, 0.15) is 5.78 Å². The average molecular weight is 153 g/mol. The highest BCUT2D eigenvalue weighted by Gasteiger charge is 2.52. The lowest BCUT2D eigenvalue weighted by molar-refractivity contribution is -0.157. The first kappa shape index (κ1) is 6.83. The third-order valence-corrected chi connectivity index (χ3v) is 2.64. The van der Waals surface area contributed by atoms with Gasteiger partial charge in [0.05, 0.1) is 0 Å². The molecular formula is C8H11NO2. The fourth-order valence-electron chi connectivity index (χ4n) is 1.99. The third-order valence-electron chi connectivity index (χ3n) is 2.64. The second kappa shape index (κ2) is 1.84. The highest BCUT2D eigenvalue weighted by molar-refractivity contribution is 5.88. The SMILES string of the molecule is CC(=O)N1CC2(CC(=O)C2)C1. The number of carbonyl (C=O) groups excluding carboxylic acids is 2. The molecule has 1 spiro atoms. The summed E-state index contributed by atoms with van der Waals surface area (Å²) in [4.78, 5) is 23.3. The predicted octanol–water partition coefficient (Wildman–Crippen LogP) is 0.198. The standard InChI is InChI=1S/C8H11NO2/c1-6(10)9-4-8(5-9)2-7(11)3-8/h2-5H2,1H3. The molecule has 0 N–H and O–H groups in total. The molecule has 3 heteroatoms. The number of hydrogen-bond donors (Lipinski definition) is 0. The Morgan fingerprint density at radius 3 is 2.36 bits per heavy atom. The molecule has 3 nitrogen and oxygen atoms in total. The van der Waals surface area contributed by atoms with Gasteiger partial charge < -0.3 is 4.90 Å². The first-order chi connectivity index (χ1) is 5.11. The van der Waals surface area contributed by atoms with Crippen molar-refractivity contribution in [2.75, 3.05) is 13.1 Å². The number of likely N-dealkylation sites (tertiary alicyclic amines) is 1. The number of hydrogen-bond acceptors (Lipinski definition) is 2. The Bertz CT molecular complexity index is 218. The normalized spacial score (nSPS) is 26.3. The molecule has 1 heterocycles. The zero-order valence-corrected chi connectivity index (χ0v) is 6.59. The van der Waals surface area contributed by atoms with Crippen molar-refractivity contribution in [2.45, 2.75) is 19.8 Å². The van der Waals surface area contributed by atoms with Gasteiger partial charge in [-0.1, -0.05) is 0 Å². The molecule has 0 atom stereocenters. The van der Waals surface area contributed by atoms with Crippen molar-refractivity contribution in [1.82, 2.24) is 4.90 Å². The molecule has 1 saturated heterocycles. The maximum Gasteiger partial charge on any atom is 0.219 e. The number of rotatable bonds is 0. The molecule has 0 aromatic carbocycles. The first-order valence-corrected chi connectivity index (χ1v) is 3.89. The van der Waals surface area contributed by atoms with Crippen LogP contribution in [-0.2, 0) is 9.59 Å². The van der Waals surface area contributed by atoms with E-state index in [1.165, 1.54) is 0 Å². The quantitative estimate of drug-likeness (QED) is 0.498. The van der Waals surface area contributed by atoms with Gasteiger partial charge in [0.15, 0.2) is 0 Å². The van der Waals surface area contributed by atoms with E-state index in [4.69, 9.17) is 0 Å². The summed E-state index contributed by atoms with van der Waals surface area (Å²) in [7, 11) is 0. The fourth-order valence-corrected chi connectivity index (χ4v) is 1.99. The molecule has 0 radical (unpaired) electrons. The van der Waals surface area contributed by atoms with Gasteiger partial charge in [0.2, 0.25) is 5.91 Å². The molecule has 60 valence electrons. The number of Topliss-reactive ketones (excluding diaryl/α,β-unsaturated/α-hetero) is 1. The van der Waals surface area contributed by atoms with Crippen molar-refractivity contribution in [3.63, 3.8) is 0 Å². The fraction of sp³-hybridized carbons (Fsp3) is 0.750. The summed E-state index contributed by atoms with van der Waals surface area (Å²) in [5.41, 5.74) is 0.225. The van der Waals surface area contributed by atoms with Gasteiger partial charge in [-0.2, -0.15) is 0 Å². The van der Waals surface area contributed by atoms with E-state index in [0.29, 0.717) is 18.6 Å². The van der Waals surface area contributed by atoms with Gasteiger partial charge in [-0.25, -0.2) is 0 Å². The summed E-state index contributed by atoms with van der Waals surface area (Å²) < 4.78 is 0. The first-order valence-electron chi connectivity index (χ1n) is 3.89. The molecular weight excluding hydrogens is 142 g/mol. The van der Waals surface area contributed by atoms with Gasteiger partial charge in [-0.05, 0) is 0 Å². The molecule has 1 amide bonds. The topological polar surface area (TPSA) is 37.4 Å². The minimum Gasteiger partial charge on any atom is -0.342 e. The largest absolute Gasteiger partial charge is 0.342 e. The summed E-state index contributed by atoms with van der Waals surface area (Å²) in [6, 6.07) is 0. The molecule has 2 aliphatic rings. The second-order valence-corrected chi connectivity index (χ2v) is 3.77. The van der Waals surface area contributed by atoms with Crippen molar-refractivity contribution < 1.29 is 9.59 Å². The van der Waals surface area contributed by atoms with E-state index < -0.39 is 0 Å². The summed E-state index contributed by atoms with van der Waals surface area (Å²) in [6.07, 6.45) is 1.41. The lowest BCUT2D eigenvalue weighted by Crippen LogP contribution is -2.63. The molecule has 2 rings (SSSR count). The molecule has 2 fully saturated rings. The van der Waals surface area contributed by atoms with Crippen molar-refractivity contribution >= 4 is 11.7 Å². The van der Waals surface area contributed by atoms with Gasteiger partial charge in [-0.15, -0.1) is 0 Å². The zero-order chi connectivity index (χ0) is 8.06. The van der Waals surface area contributed by atoms with Crippen LogP contribution in [0.15, 0.2) is 0 Å². The van der Waals surface area contributed by atoms with Crippen LogP contribution < -0.4 is 0 Å². The van der Waals surface area contributed by atoms with E-state index in [0.717, 1.165) is 13.1 Å². The van der Waals surface area contributed by atoms with Crippen LogP contribution in [-0.4, -0.2) is 29.7 Å². The lowest BCUT2D eigenvalue weighted by atomic mass is 9.63. The van der Waals surface area contributed by atoms with Gasteiger partial charge in [0.25, 0.3) is 0 Å². The molecule has 1 aliphatic carbocycles. The highest BCUT2D eigenvalue weighted by Crippen LogP contribution is 2.45. The van der Waals surface area contributed by atoms with E-state index in [1.54, 1.807) is 11.8 Å². The van der Waals surface area contributed by atoms with Gasteiger partial charge in [-0.3, -0.25) is 9.59 Å². The minimum atomic E-state index is 0.134. The summed E-state index contributed by atoms with van der Waals surface area (Å²) >= 11 is 0. The van der Waals surface area contributed by atoms with Crippen LogP contribution in [0.3, 0.4) is 0 Å². The molecule has 0 aromatic heterocycles. The number of ketones is 1. The third kappa shape index (κ3) is 0.870.